The lowest BCUT2D eigenvalue weighted by atomic mass is 10.2. The molecular weight excluding hydrogens is 285 g/mol. The van der Waals surface area contributed by atoms with Crippen LogP contribution in [0.15, 0.2) is 41.4 Å². The van der Waals surface area contributed by atoms with Crippen molar-refractivity contribution in [2.45, 2.75) is 0 Å². The van der Waals surface area contributed by atoms with E-state index in [0.29, 0.717) is 27.0 Å². The molecule has 0 fully saturated rings. The number of nitrogens with zero attached hydrogens (tertiary/aromatic N) is 1. The minimum Gasteiger partial charge on any atom is -0.507 e. The maximum atomic E-state index is 9.71. The standard InChI is InChI=1S/C14H11Cl2NO2/c1-19-11-3-5-14(18)9(6-11)8-17-10-2-4-12(15)13(16)7-10/h2-8,18H,1H3. The Balaban J connectivity index is 2.29. The predicted molar refractivity (Wildman–Crippen MR) is 78.4 cm³/mol. The van der Waals surface area contributed by atoms with Crippen molar-refractivity contribution in [1.29, 1.82) is 0 Å². The van der Waals surface area contributed by atoms with E-state index in [2.05, 4.69) is 4.99 Å². The summed E-state index contributed by atoms with van der Waals surface area (Å²) in [5, 5.41) is 10.6. The molecule has 0 heterocycles. The fourth-order valence-corrected chi connectivity index (χ4v) is 1.76. The Bertz CT molecular complexity index is 627. The van der Waals surface area contributed by atoms with Crippen molar-refractivity contribution in [2.24, 2.45) is 4.99 Å². The quantitative estimate of drug-likeness (QED) is 0.850. The number of hydrogen-bond acceptors (Lipinski definition) is 3. The number of aliphatic imine (C=N–C) groups is 1. The molecule has 1 N–H and O–H groups in total. The van der Waals surface area contributed by atoms with E-state index >= 15 is 0 Å². The van der Waals surface area contributed by atoms with Crippen molar-refractivity contribution in [3.63, 3.8) is 0 Å². The summed E-state index contributed by atoms with van der Waals surface area (Å²) in [6, 6.07) is 9.97. The highest BCUT2D eigenvalue weighted by Gasteiger charge is 2.01. The zero-order valence-corrected chi connectivity index (χ0v) is 11.6. The SMILES string of the molecule is COc1ccc(O)c(C=Nc2ccc(Cl)c(Cl)c2)c1. The van der Waals surface area contributed by atoms with E-state index in [1.807, 2.05) is 0 Å². The van der Waals surface area contributed by atoms with Crippen LogP contribution in [0.5, 0.6) is 11.5 Å². The molecule has 0 spiro atoms. The third-order valence-electron chi connectivity index (χ3n) is 2.49. The number of halogens is 2. The van der Waals surface area contributed by atoms with Crippen LogP contribution in [-0.4, -0.2) is 18.4 Å². The van der Waals surface area contributed by atoms with Gasteiger partial charge in [-0.15, -0.1) is 0 Å². The molecule has 0 aliphatic carbocycles. The molecule has 0 aromatic heterocycles. The Hall–Kier alpha value is -1.71. The summed E-state index contributed by atoms with van der Waals surface area (Å²) < 4.78 is 5.09. The monoisotopic (exact) mass is 295 g/mol. The number of ether oxygens (including phenoxy) is 1. The molecule has 0 bridgehead atoms. The van der Waals surface area contributed by atoms with E-state index in [1.54, 1.807) is 43.5 Å². The van der Waals surface area contributed by atoms with Gasteiger partial charge in [-0.25, -0.2) is 0 Å². The molecule has 0 amide bonds. The van der Waals surface area contributed by atoms with E-state index < -0.39 is 0 Å². The molecule has 0 saturated carbocycles. The Morgan fingerprint density at radius 2 is 1.89 bits per heavy atom. The molecular formula is C14H11Cl2NO2. The highest BCUT2D eigenvalue weighted by Crippen LogP contribution is 2.27. The molecule has 0 aliphatic heterocycles. The van der Waals surface area contributed by atoms with Crippen LogP contribution in [-0.2, 0) is 0 Å². The van der Waals surface area contributed by atoms with Gasteiger partial charge in [-0.1, -0.05) is 23.2 Å². The minimum absolute atomic E-state index is 0.129. The molecule has 2 rings (SSSR count). The molecule has 0 aliphatic rings. The average Bonchev–Trinajstić information content (AvgIpc) is 2.41. The van der Waals surface area contributed by atoms with Crippen LogP contribution >= 0.6 is 23.2 Å². The summed E-state index contributed by atoms with van der Waals surface area (Å²) in [5.41, 5.74) is 1.21. The van der Waals surface area contributed by atoms with Crippen LogP contribution in [0.25, 0.3) is 0 Å². The largest absolute Gasteiger partial charge is 0.507 e. The van der Waals surface area contributed by atoms with Gasteiger partial charge in [0, 0.05) is 11.8 Å². The number of methoxy groups -OCH3 is 1. The van der Waals surface area contributed by atoms with Crippen molar-refractivity contribution in [1.82, 2.24) is 0 Å². The summed E-state index contributed by atoms with van der Waals surface area (Å²) in [5.74, 6) is 0.776. The van der Waals surface area contributed by atoms with Crippen LogP contribution in [0.2, 0.25) is 10.0 Å². The summed E-state index contributed by atoms with van der Waals surface area (Å²) >= 11 is 11.7. The number of rotatable bonds is 3. The number of aromatic hydroxyl groups is 1. The second-order valence-corrected chi connectivity index (χ2v) is 4.60. The smallest absolute Gasteiger partial charge is 0.124 e. The van der Waals surface area contributed by atoms with E-state index in [0.717, 1.165) is 0 Å². The van der Waals surface area contributed by atoms with Gasteiger partial charge >= 0.3 is 0 Å². The van der Waals surface area contributed by atoms with Crippen molar-refractivity contribution in [2.75, 3.05) is 7.11 Å². The second-order valence-electron chi connectivity index (χ2n) is 3.78. The van der Waals surface area contributed by atoms with Gasteiger partial charge in [-0.3, -0.25) is 4.99 Å². The first kappa shape index (κ1) is 13.7. The molecule has 0 unspecified atom stereocenters. The molecule has 19 heavy (non-hydrogen) atoms. The predicted octanol–water partition coefficient (Wildman–Crippen LogP) is 4.46. The fourth-order valence-electron chi connectivity index (χ4n) is 1.47. The molecule has 3 nitrogen and oxygen atoms in total. The first-order valence-corrected chi connectivity index (χ1v) is 6.22. The third kappa shape index (κ3) is 3.40. The molecule has 2 aromatic rings. The first-order valence-electron chi connectivity index (χ1n) is 5.46. The lowest BCUT2D eigenvalue weighted by Crippen LogP contribution is -1.87. The fraction of sp³-hybridized carbons (Fsp3) is 0.0714. The van der Waals surface area contributed by atoms with Gasteiger partial charge in [0.2, 0.25) is 0 Å². The third-order valence-corrected chi connectivity index (χ3v) is 3.23. The summed E-state index contributed by atoms with van der Waals surface area (Å²) in [4.78, 5) is 4.23. The molecule has 5 heteroatoms. The molecule has 0 radical (unpaired) electrons. The van der Waals surface area contributed by atoms with Crippen LogP contribution in [0, 0.1) is 0 Å². The van der Waals surface area contributed by atoms with E-state index in [9.17, 15) is 5.11 Å². The van der Waals surface area contributed by atoms with Crippen LogP contribution in [0.4, 0.5) is 5.69 Å². The Morgan fingerprint density at radius 1 is 1.11 bits per heavy atom. The summed E-state index contributed by atoms with van der Waals surface area (Å²) in [7, 11) is 1.56. The second kappa shape index (κ2) is 5.95. The summed E-state index contributed by atoms with van der Waals surface area (Å²) in [6.45, 7) is 0. The summed E-state index contributed by atoms with van der Waals surface area (Å²) in [6.07, 6.45) is 1.54. The van der Waals surface area contributed by atoms with Gasteiger partial charge in [-0.05, 0) is 36.4 Å². The molecule has 0 atom stereocenters. The average molecular weight is 296 g/mol. The van der Waals surface area contributed by atoms with E-state index in [1.165, 1.54) is 6.21 Å². The number of hydrogen-bond donors (Lipinski definition) is 1. The van der Waals surface area contributed by atoms with Crippen molar-refractivity contribution in [3.8, 4) is 11.5 Å². The topological polar surface area (TPSA) is 41.8 Å². The van der Waals surface area contributed by atoms with Crippen molar-refractivity contribution in [3.05, 3.63) is 52.0 Å². The van der Waals surface area contributed by atoms with Crippen molar-refractivity contribution < 1.29 is 9.84 Å². The van der Waals surface area contributed by atoms with Gasteiger partial charge in [0.05, 0.1) is 22.8 Å². The lowest BCUT2D eigenvalue weighted by molar-refractivity contribution is 0.412. The van der Waals surface area contributed by atoms with Crippen molar-refractivity contribution >= 4 is 35.1 Å². The lowest BCUT2D eigenvalue weighted by Gasteiger charge is -2.03. The molecule has 98 valence electrons. The van der Waals surface area contributed by atoms with Crippen LogP contribution in [0.3, 0.4) is 0 Å². The maximum Gasteiger partial charge on any atom is 0.124 e. The van der Waals surface area contributed by atoms with Gasteiger partial charge in [0.25, 0.3) is 0 Å². The number of phenolic OH excluding ortho intramolecular Hbond substituents is 1. The Labute approximate surface area is 121 Å². The number of phenols is 1. The molecule has 2 aromatic carbocycles. The highest BCUT2D eigenvalue weighted by molar-refractivity contribution is 6.42. The van der Waals surface area contributed by atoms with Gasteiger partial charge < -0.3 is 9.84 Å². The molecule has 0 saturated heterocycles. The Kier molecular flexibility index (Phi) is 4.30. The van der Waals surface area contributed by atoms with Crippen LogP contribution in [0.1, 0.15) is 5.56 Å². The van der Waals surface area contributed by atoms with Gasteiger partial charge in [0.15, 0.2) is 0 Å². The Morgan fingerprint density at radius 3 is 2.58 bits per heavy atom. The highest BCUT2D eigenvalue weighted by atomic mass is 35.5. The van der Waals surface area contributed by atoms with Crippen LogP contribution < -0.4 is 4.74 Å². The number of benzene rings is 2. The van der Waals surface area contributed by atoms with Gasteiger partial charge in [-0.2, -0.15) is 0 Å². The van der Waals surface area contributed by atoms with E-state index in [4.69, 9.17) is 27.9 Å². The van der Waals surface area contributed by atoms with E-state index in [-0.39, 0.29) is 5.75 Å². The maximum absolute atomic E-state index is 9.71. The first-order chi connectivity index (χ1) is 9.10. The zero-order valence-electron chi connectivity index (χ0n) is 10.1. The van der Waals surface area contributed by atoms with Gasteiger partial charge in [0.1, 0.15) is 11.5 Å². The normalized spacial score (nSPS) is 10.9. The zero-order chi connectivity index (χ0) is 13.8. The minimum atomic E-state index is 0.129.